The van der Waals surface area contributed by atoms with Crippen LogP contribution in [0.25, 0.3) is 0 Å². The van der Waals surface area contributed by atoms with Gasteiger partial charge in [-0.05, 0) is 25.3 Å². The fourth-order valence-electron chi connectivity index (χ4n) is 1.98. The topological polar surface area (TPSA) is 12.5 Å². The highest BCUT2D eigenvalue weighted by molar-refractivity contribution is 4.91. The standard InChI is InChI=1S/C9H19NO/c1-4-9(5-6-11-3)7-10(2)8-9/h4-8H2,1-3H3. The first-order chi connectivity index (χ1) is 5.22. The summed E-state index contributed by atoms with van der Waals surface area (Å²) in [5.74, 6) is 0. The molecule has 66 valence electrons. The minimum Gasteiger partial charge on any atom is -0.385 e. The average Bonchev–Trinajstić information content (AvgIpc) is 1.96. The summed E-state index contributed by atoms with van der Waals surface area (Å²) < 4.78 is 5.09. The molecule has 0 amide bonds. The molecule has 0 aliphatic carbocycles. The summed E-state index contributed by atoms with van der Waals surface area (Å²) in [4.78, 5) is 2.37. The lowest BCUT2D eigenvalue weighted by Crippen LogP contribution is -2.54. The second-order valence-electron chi connectivity index (χ2n) is 3.77. The molecule has 1 aliphatic heterocycles. The average molecular weight is 157 g/mol. The molecule has 1 rings (SSSR count). The van der Waals surface area contributed by atoms with Crippen LogP contribution < -0.4 is 0 Å². The molecule has 0 saturated carbocycles. The molecule has 0 aromatic carbocycles. The van der Waals surface area contributed by atoms with Gasteiger partial charge in [-0.25, -0.2) is 0 Å². The van der Waals surface area contributed by atoms with Gasteiger partial charge in [0, 0.05) is 26.8 Å². The van der Waals surface area contributed by atoms with E-state index >= 15 is 0 Å². The molecule has 0 N–H and O–H groups in total. The maximum absolute atomic E-state index is 5.09. The number of hydrogen-bond acceptors (Lipinski definition) is 2. The van der Waals surface area contributed by atoms with Gasteiger partial charge < -0.3 is 9.64 Å². The maximum atomic E-state index is 5.09. The summed E-state index contributed by atoms with van der Waals surface area (Å²) in [5.41, 5.74) is 0.588. The normalized spacial score (nSPS) is 23.2. The van der Waals surface area contributed by atoms with Crippen LogP contribution in [0.15, 0.2) is 0 Å². The van der Waals surface area contributed by atoms with Crippen LogP contribution in [0.3, 0.4) is 0 Å². The zero-order valence-electron chi connectivity index (χ0n) is 7.89. The highest BCUT2D eigenvalue weighted by Crippen LogP contribution is 2.35. The molecule has 0 spiro atoms. The SMILES string of the molecule is CCC1(CCOC)CN(C)C1. The van der Waals surface area contributed by atoms with Crippen LogP contribution in [0.5, 0.6) is 0 Å². The van der Waals surface area contributed by atoms with Crippen molar-refractivity contribution >= 4 is 0 Å². The Bertz CT molecular complexity index is 119. The van der Waals surface area contributed by atoms with Gasteiger partial charge in [0.1, 0.15) is 0 Å². The number of nitrogens with zero attached hydrogens (tertiary/aromatic N) is 1. The molecule has 0 unspecified atom stereocenters. The molecular weight excluding hydrogens is 138 g/mol. The Balaban J connectivity index is 2.26. The van der Waals surface area contributed by atoms with Gasteiger partial charge >= 0.3 is 0 Å². The van der Waals surface area contributed by atoms with Gasteiger partial charge in [-0.1, -0.05) is 6.92 Å². The van der Waals surface area contributed by atoms with Crippen molar-refractivity contribution in [3.63, 3.8) is 0 Å². The van der Waals surface area contributed by atoms with Gasteiger partial charge in [0.05, 0.1) is 0 Å². The molecule has 0 radical (unpaired) electrons. The van der Waals surface area contributed by atoms with Crippen molar-refractivity contribution in [3.8, 4) is 0 Å². The minimum atomic E-state index is 0.588. The highest BCUT2D eigenvalue weighted by Gasteiger charge is 2.38. The lowest BCUT2D eigenvalue weighted by Gasteiger charge is -2.48. The van der Waals surface area contributed by atoms with E-state index in [1.54, 1.807) is 7.11 Å². The van der Waals surface area contributed by atoms with Gasteiger partial charge in [0.15, 0.2) is 0 Å². The summed E-state index contributed by atoms with van der Waals surface area (Å²) in [6.07, 6.45) is 2.52. The van der Waals surface area contributed by atoms with E-state index < -0.39 is 0 Å². The van der Waals surface area contributed by atoms with Gasteiger partial charge in [-0.2, -0.15) is 0 Å². The monoisotopic (exact) mass is 157 g/mol. The Morgan fingerprint density at radius 1 is 1.45 bits per heavy atom. The van der Waals surface area contributed by atoms with Gasteiger partial charge in [-0.15, -0.1) is 0 Å². The van der Waals surface area contributed by atoms with Crippen molar-refractivity contribution in [2.45, 2.75) is 19.8 Å². The fraction of sp³-hybridized carbons (Fsp3) is 1.00. The molecule has 1 aliphatic rings. The van der Waals surface area contributed by atoms with Crippen LogP contribution in [0.4, 0.5) is 0 Å². The van der Waals surface area contributed by atoms with Crippen LogP contribution >= 0.6 is 0 Å². The van der Waals surface area contributed by atoms with Crippen molar-refractivity contribution in [3.05, 3.63) is 0 Å². The highest BCUT2D eigenvalue weighted by atomic mass is 16.5. The zero-order chi connectivity index (χ0) is 8.32. The van der Waals surface area contributed by atoms with Crippen LogP contribution in [0.1, 0.15) is 19.8 Å². The smallest absolute Gasteiger partial charge is 0.0468 e. The van der Waals surface area contributed by atoms with Crippen molar-refractivity contribution in [2.24, 2.45) is 5.41 Å². The van der Waals surface area contributed by atoms with E-state index in [2.05, 4.69) is 18.9 Å². The molecule has 11 heavy (non-hydrogen) atoms. The third-order valence-corrected chi connectivity index (χ3v) is 2.80. The number of methoxy groups -OCH3 is 1. The van der Waals surface area contributed by atoms with Crippen molar-refractivity contribution < 1.29 is 4.74 Å². The van der Waals surface area contributed by atoms with Crippen LogP contribution in [0, 0.1) is 5.41 Å². The third kappa shape index (κ3) is 1.94. The number of rotatable bonds is 4. The first-order valence-electron chi connectivity index (χ1n) is 4.40. The van der Waals surface area contributed by atoms with E-state index in [0.29, 0.717) is 5.41 Å². The maximum Gasteiger partial charge on any atom is 0.0468 e. The minimum absolute atomic E-state index is 0.588. The molecule has 0 aromatic heterocycles. The molecule has 1 fully saturated rings. The Kier molecular flexibility index (Phi) is 2.90. The van der Waals surface area contributed by atoms with Crippen molar-refractivity contribution in [1.29, 1.82) is 0 Å². The molecule has 1 heterocycles. The summed E-state index contributed by atoms with van der Waals surface area (Å²) in [6, 6.07) is 0. The number of hydrogen-bond donors (Lipinski definition) is 0. The van der Waals surface area contributed by atoms with E-state index in [0.717, 1.165) is 6.61 Å². The second kappa shape index (κ2) is 3.55. The Morgan fingerprint density at radius 2 is 2.09 bits per heavy atom. The summed E-state index contributed by atoms with van der Waals surface area (Å²) in [7, 11) is 3.96. The molecule has 2 nitrogen and oxygen atoms in total. The van der Waals surface area contributed by atoms with Crippen molar-refractivity contribution in [1.82, 2.24) is 4.90 Å². The first-order valence-corrected chi connectivity index (χ1v) is 4.40. The van der Waals surface area contributed by atoms with Gasteiger partial charge in [0.2, 0.25) is 0 Å². The van der Waals surface area contributed by atoms with Crippen LogP contribution in [-0.4, -0.2) is 38.8 Å². The third-order valence-electron chi connectivity index (χ3n) is 2.80. The van der Waals surface area contributed by atoms with Crippen molar-refractivity contribution in [2.75, 3.05) is 33.9 Å². The molecule has 0 aromatic rings. The molecule has 0 bridgehead atoms. The second-order valence-corrected chi connectivity index (χ2v) is 3.77. The molecule has 1 saturated heterocycles. The number of ether oxygens (including phenoxy) is 1. The van der Waals surface area contributed by atoms with E-state index in [9.17, 15) is 0 Å². The summed E-state index contributed by atoms with van der Waals surface area (Å²) in [5, 5.41) is 0. The quantitative estimate of drug-likeness (QED) is 0.611. The number of likely N-dealkylation sites (tertiary alicyclic amines) is 1. The summed E-state index contributed by atoms with van der Waals surface area (Å²) >= 11 is 0. The molecule has 2 heteroatoms. The zero-order valence-corrected chi connectivity index (χ0v) is 7.89. The van der Waals surface area contributed by atoms with E-state index in [4.69, 9.17) is 4.74 Å². The van der Waals surface area contributed by atoms with Crippen LogP contribution in [0.2, 0.25) is 0 Å². The lowest BCUT2D eigenvalue weighted by atomic mass is 9.75. The molecule has 0 atom stereocenters. The predicted octanol–water partition coefficient (Wildman–Crippen LogP) is 1.36. The molecular formula is C9H19NO. The Morgan fingerprint density at radius 3 is 2.45 bits per heavy atom. The Labute approximate surface area is 69.5 Å². The van der Waals surface area contributed by atoms with E-state index in [1.807, 2.05) is 0 Å². The van der Waals surface area contributed by atoms with Gasteiger partial charge in [0.25, 0.3) is 0 Å². The fourth-order valence-corrected chi connectivity index (χ4v) is 1.98. The summed E-state index contributed by atoms with van der Waals surface area (Å²) in [6.45, 7) is 5.71. The lowest BCUT2D eigenvalue weighted by molar-refractivity contribution is -0.00768. The largest absolute Gasteiger partial charge is 0.385 e. The Hall–Kier alpha value is -0.0800. The van der Waals surface area contributed by atoms with E-state index in [-0.39, 0.29) is 0 Å². The first kappa shape index (κ1) is 9.01. The van der Waals surface area contributed by atoms with E-state index in [1.165, 1.54) is 25.9 Å². The predicted molar refractivity (Wildman–Crippen MR) is 46.7 cm³/mol. The van der Waals surface area contributed by atoms with Gasteiger partial charge in [-0.3, -0.25) is 0 Å². The van der Waals surface area contributed by atoms with Crippen LogP contribution in [-0.2, 0) is 4.74 Å².